The Bertz CT molecular complexity index is 609. The average Bonchev–Trinajstić information content (AvgIpc) is 2.89. The number of fused-ring (bicyclic) bond motifs is 1. The van der Waals surface area contributed by atoms with E-state index in [-0.39, 0.29) is 11.9 Å². The van der Waals surface area contributed by atoms with E-state index in [4.69, 9.17) is 0 Å². The Kier molecular flexibility index (Phi) is 4.41. The van der Waals surface area contributed by atoms with Gasteiger partial charge in [0.1, 0.15) is 5.82 Å². The van der Waals surface area contributed by atoms with E-state index in [0.717, 1.165) is 12.1 Å². The first-order valence-corrected chi connectivity index (χ1v) is 8.61. The number of hydrogen-bond acceptors (Lipinski definition) is 2. The van der Waals surface area contributed by atoms with Crippen LogP contribution >= 0.6 is 11.3 Å². The monoisotopic (exact) mass is 303 g/mol. The molecule has 1 aliphatic carbocycles. The summed E-state index contributed by atoms with van der Waals surface area (Å²) in [5.74, 6) is -0.156. The molecule has 1 aliphatic rings. The molecular formula is C18H22FNS. The molecule has 0 saturated heterocycles. The minimum absolute atomic E-state index is 0.156. The molecule has 2 aromatic rings. The first-order chi connectivity index (χ1) is 10.2. The van der Waals surface area contributed by atoms with E-state index in [0.29, 0.717) is 0 Å². The predicted molar refractivity (Wildman–Crippen MR) is 87.6 cm³/mol. The second kappa shape index (κ2) is 6.29. The molecule has 0 fully saturated rings. The fraction of sp³-hybridized carbons (Fsp3) is 0.444. The summed E-state index contributed by atoms with van der Waals surface area (Å²) in [5.41, 5.74) is 3.74. The third-order valence-electron chi connectivity index (χ3n) is 4.25. The van der Waals surface area contributed by atoms with Gasteiger partial charge in [0.05, 0.1) is 6.04 Å². The zero-order valence-corrected chi connectivity index (χ0v) is 13.5. The fourth-order valence-electron chi connectivity index (χ4n) is 3.19. The molecule has 1 unspecified atom stereocenters. The highest BCUT2D eigenvalue weighted by atomic mass is 32.1. The van der Waals surface area contributed by atoms with Gasteiger partial charge in [0.15, 0.2) is 0 Å². The maximum absolute atomic E-state index is 13.4. The lowest BCUT2D eigenvalue weighted by Gasteiger charge is -2.19. The van der Waals surface area contributed by atoms with Gasteiger partial charge in [0, 0.05) is 9.75 Å². The van der Waals surface area contributed by atoms with Gasteiger partial charge in [-0.1, -0.05) is 13.0 Å². The molecule has 0 saturated carbocycles. The van der Waals surface area contributed by atoms with Crippen LogP contribution in [0.4, 0.5) is 4.39 Å². The first-order valence-electron chi connectivity index (χ1n) is 7.80. The van der Waals surface area contributed by atoms with Crippen LogP contribution in [0.25, 0.3) is 0 Å². The van der Waals surface area contributed by atoms with Crippen molar-refractivity contribution in [3.05, 3.63) is 56.5 Å². The highest BCUT2D eigenvalue weighted by molar-refractivity contribution is 7.12. The Labute approximate surface area is 130 Å². The van der Waals surface area contributed by atoms with E-state index in [2.05, 4.69) is 18.3 Å². The summed E-state index contributed by atoms with van der Waals surface area (Å²) in [5, 5.41) is 3.57. The largest absolute Gasteiger partial charge is 0.306 e. The van der Waals surface area contributed by atoms with E-state index in [1.54, 1.807) is 17.0 Å². The van der Waals surface area contributed by atoms with Gasteiger partial charge in [-0.15, -0.1) is 11.3 Å². The van der Waals surface area contributed by atoms with Gasteiger partial charge < -0.3 is 5.32 Å². The normalized spacial score (nSPS) is 15.8. The lowest BCUT2D eigenvalue weighted by Crippen LogP contribution is -2.22. The summed E-state index contributed by atoms with van der Waals surface area (Å²) >= 11 is 1.93. The van der Waals surface area contributed by atoms with Gasteiger partial charge in [-0.2, -0.15) is 0 Å². The van der Waals surface area contributed by atoms with Crippen molar-refractivity contribution in [3.8, 4) is 0 Å². The van der Waals surface area contributed by atoms with E-state index in [1.165, 1.54) is 41.7 Å². The average molecular weight is 303 g/mol. The number of benzene rings is 1. The number of rotatable bonds is 4. The van der Waals surface area contributed by atoms with Gasteiger partial charge in [-0.05, 0) is 74.0 Å². The van der Waals surface area contributed by atoms with Crippen LogP contribution in [0, 0.1) is 12.7 Å². The molecule has 1 nitrogen and oxygen atoms in total. The van der Waals surface area contributed by atoms with Crippen molar-refractivity contribution in [1.82, 2.24) is 5.32 Å². The molecule has 0 aliphatic heterocycles. The lowest BCUT2D eigenvalue weighted by molar-refractivity contribution is 0.613. The Morgan fingerprint density at radius 1 is 1.24 bits per heavy atom. The van der Waals surface area contributed by atoms with Gasteiger partial charge in [0.25, 0.3) is 0 Å². The SMILES string of the molecule is CCNC(c1cc2c(s1)CCCC2)c1ccc(F)cc1C. The van der Waals surface area contributed by atoms with Gasteiger partial charge in [-0.25, -0.2) is 4.39 Å². The summed E-state index contributed by atoms with van der Waals surface area (Å²) < 4.78 is 13.4. The molecule has 0 amide bonds. The maximum atomic E-state index is 13.4. The molecular weight excluding hydrogens is 281 g/mol. The molecule has 3 heteroatoms. The van der Waals surface area contributed by atoms with Crippen LogP contribution in [0.1, 0.15) is 52.3 Å². The Hall–Kier alpha value is -1.19. The fourth-order valence-corrected chi connectivity index (χ4v) is 4.54. The van der Waals surface area contributed by atoms with Crippen LogP contribution in [-0.4, -0.2) is 6.54 Å². The van der Waals surface area contributed by atoms with E-state index in [9.17, 15) is 4.39 Å². The quantitative estimate of drug-likeness (QED) is 0.857. The third kappa shape index (κ3) is 3.04. The Morgan fingerprint density at radius 3 is 2.76 bits per heavy atom. The molecule has 1 aromatic heterocycles. The van der Waals surface area contributed by atoms with Crippen LogP contribution in [-0.2, 0) is 12.8 Å². The number of nitrogens with one attached hydrogen (secondary N) is 1. The van der Waals surface area contributed by atoms with E-state index < -0.39 is 0 Å². The van der Waals surface area contributed by atoms with Crippen molar-refractivity contribution < 1.29 is 4.39 Å². The zero-order chi connectivity index (χ0) is 14.8. The van der Waals surface area contributed by atoms with Crippen molar-refractivity contribution in [1.29, 1.82) is 0 Å². The molecule has 1 heterocycles. The Morgan fingerprint density at radius 2 is 2.05 bits per heavy atom. The van der Waals surface area contributed by atoms with Crippen LogP contribution in [0.5, 0.6) is 0 Å². The minimum atomic E-state index is -0.156. The molecule has 112 valence electrons. The number of thiophene rings is 1. The molecule has 0 spiro atoms. The van der Waals surface area contributed by atoms with E-state index >= 15 is 0 Å². The first kappa shape index (κ1) is 14.7. The molecule has 1 atom stereocenters. The zero-order valence-electron chi connectivity index (χ0n) is 12.7. The molecule has 1 aromatic carbocycles. The smallest absolute Gasteiger partial charge is 0.123 e. The predicted octanol–water partition coefficient (Wildman–Crippen LogP) is 4.77. The summed E-state index contributed by atoms with van der Waals surface area (Å²) in [4.78, 5) is 2.93. The number of hydrogen-bond donors (Lipinski definition) is 1. The summed E-state index contributed by atoms with van der Waals surface area (Å²) in [7, 11) is 0. The summed E-state index contributed by atoms with van der Waals surface area (Å²) in [6, 6.07) is 7.69. The van der Waals surface area contributed by atoms with Gasteiger partial charge in [0.2, 0.25) is 0 Å². The summed E-state index contributed by atoms with van der Waals surface area (Å²) in [6.07, 6.45) is 5.06. The van der Waals surface area contributed by atoms with Crippen LogP contribution < -0.4 is 5.32 Å². The third-order valence-corrected chi connectivity index (χ3v) is 5.55. The van der Waals surface area contributed by atoms with Gasteiger partial charge >= 0.3 is 0 Å². The number of halogens is 1. The standard InChI is InChI=1S/C18H22FNS/c1-3-20-18(15-9-8-14(19)10-12(15)2)17-11-13-6-4-5-7-16(13)21-17/h8-11,18,20H,3-7H2,1-2H3. The van der Waals surface area contributed by atoms with Crippen molar-refractivity contribution in [2.24, 2.45) is 0 Å². The molecule has 3 rings (SSSR count). The maximum Gasteiger partial charge on any atom is 0.123 e. The topological polar surface area (TPSA) is 12.0 Å². The van der Waals surface area contributed by atoms with Crippen molar-refractivity contribution in [2.75, 3.05) is 6.54 Å². The van der Waals surface area contributed by atoms with Crippen LogP contribution in [0.2, 0.25) is 0 Å². The number of aryl methyl sites for hydroxylation is 3. The summed E-state index contributed by atoms with van der Waals surface area (Å²) in [6.45, 7) is 5.03. The van der Waals surface area contributed by atoms with Crippen molar-refractivity contribution in [3.63, 3.8) is 0 Å². The minimum Gasteiger partial charge on any atom is -0.306 e. The van der Waals surface area contributed by atoms with Gasteiger partial charge in [-0.3, -0.25) is 0 Å². The second-order valence-corrected chi connectivity index (χ2v) is 6.96. The van der Waals surface area contributed by atoms with Crippen molar-refractivity contribution >= 4 is 11.3 Å². The van der Waals surface area contributed by atoms with Crippen molar-refractivity contribution in [2.45, 2.75) is 45.6 Å². The van der Waals surface area contributed by atoms with Crippen LogP contribution in [0.3, 0.4) is 0 Å². The Balaban J connectivity index is 1.99. The highest BCUT2D eigenvalue weighted by Crippen LogP contribution is 2.36. The second-order valence-electron chi connectivity index (χ2n) is 5.80. The molecule has 0 radical (unpaired) electrons. The van der Waals surface area contributed by atoms with E-state index in [1.807, 2.05) is 24.3 Å². The highest BCUT2D eigenvalue weighted by Gasteiger charge is 2.21. The molecule has 1 N–H and O–H groups in total. The molecule has 0 bridgehead atoms. The lowest BCUT2D eigenvalue weighted by atomic mass is 9.96. The van der Waals surface area contributed by atoms with Crippen LogP contribution in [0.15, 0.2) is 24.3 Å². The molecule has 21 heavy (non-hydrogen) atoms.